The largest absolute Gasteiger partial charge is 0.487 e. The first-order valence-electron chi connectivity index (χ1n) is 8.62. The standard InChI is InChI=1S/C21H22N2O2/c1-21(2)12-17-10-15(8-9-19(17)24-21)13-22-14-18-11-20(25-23-18)16-6-4-3-5-7-16/h3-11,22H,12-14H2,1-2H3. The molecule has 0 atom stereocenters. The van der Waals surface area contributed by atoms with Crippen LogP contribution in [0.3, 0.4) is 0 Å². The highest BCUT2D eigenvalue weighted by molar-refractivity contribution is 5.56. The zero-order valence-electron chi connectivity index (χ0n) is 14.6. The first-order valence-corrected chi connectivity index (χ1v) is 8.62. The lowest BCUT2D eigenvalue weighted by Gasteiger charge is -2.16. The summed E-state index contributed by atoms with van der Waals surface area (Å²) in [5.41, 5.74) is 4.40. The van der Waals surface area contributed by atoms with Crippen LogP contribution in [-0.4, -0.2) is 10.8 Å². The van der Waals surface area contributed by atoms with Crippen LogP contribution >= 0.6 is 0 Å². The summed E-state index contributed by atoms with van der Waals surface area (Å²) in [5.74, 6) is 1.81. The molecule has 0 aliphatic carbocycles. The minimum Gasteiger partial charge on any atom is -0.487 e. The summed E-state index contributed by atoms with van der Waals surface area (Å²) < 4.78 is 11.4. The fourth-order valence-electron chi connectivity index (χ4n) is 3.24. The molecule has 4 heteroatoms. The molecule has 0 amide bonds. The van der Waals surface area contributed by atoms with Crippen LogP contribution in [0.4, 0.5) is 0 Å². The molecule has 4 nitrogen and oxygen atoms in total. The van der Waals surface area contributed by atoms with Crippen LogP contribution < -0.4 is 10.1 Å². The maximum atomic E-state index is 5.93. The van der Waals surface area contributed by atoms with Crippen molar-refractivity contribution in [1.29, 1.82) is 0 Å². The SMILES string of the molecule is CC1(C)Cc2cc(CNCc3cc(-c4ccccc4)on3)ccc2O1. The third-order valence-electron chi connectivity index (χ3n) is 4.38. The van der Waals surface area contributed by atoms with Crippen molar-refractivity contribution in [2.75, 3.05) is 0 Å². The highest BCUT2D eigenvalue weighted by atomic mass is 16.5. The van der Waals surface area contributed by atoms with Crippen LogP contribution in [0, 0.1) is 0 Å². The van der Waals surface area contributed by atoms with Crippen LogP contribution in [-0.2, 0) is 19.5 Å². The molecule has 1 N–H and O–H groups in total. The molecule has 2 aromatic carbocycles. The lowest BCUT2D eigenvalue weighted by Crippen LogP contribution is -2.24. The predicted octanol–water partition coefficient (Wildman–Crippen LogP) is 4.34. The summed E-state index contributed by atoms with van der Waals surface area (Å²) in [6, 6.07) is 18.4. The van der Waals surface area contributed by atoms with Crippen LogP contribution in [0.25, 0.3) is 11.3 Å². The van der Waals surface area contributed by atoms with Gasteiger partial charge in [-0.25, -0.2) is 0 Å². The highest BCUT2D eigenvalue weighted by Gasteiger charge is 2.29. The van der Waals surface area contributed by atoms with Gasteiger partial charge in [0.25, 0.3) is 0 Å². The van der Waals surface area contributed by atoms with Gasteiger partial charge in [0.05, 0.1) is 5.69 Å². The van der Waals surface area contributed by atoms with E-state index in [2.05, 4.69) is 42.5 Å². The molecule has 128 valence electrons. The normalized spacial score (nSPS) is 15.0. The van der Waals surface area contributed by atoms with Gasteiger partial charge in [0, 0.05) is 31.1 Å². The fourth-order valence-corrected chi connectivity index (χ4v) is 3.24. The molecule has 0 unspecified atom stereocenters. The Bertz CT molecular complexity index is 869. The van der Waals surface area contributed by atoms with Gasteiger partial charge < -0.3 is 14.6 Å². The van der Waals surface area contributed by atoms with Gasteiger partial charge in [-0.05, 0) is 31.0 Å². The van der Waals surface area contributed by atoms with Gasteiger partial charge in [-0.2, -0.15) is 0 Å². The van der Waals surface area contributed by atoms with Crippen LogP contribution in [0.15, 0.2) is 59.1 Å². The maximum absolute atomic E-state index is 5.93. The molecule has 0 fully saturated rings. The molecule has 2 heterocycles. The molecule has 0 radical (unpaired) electrons. The maximum Gasteiger partial charge on any atom is 0.167 e. The number of hydrogen-bond donors (Lipinski definition) is 1. The minimum atomic E-state index is -0.0943. The Kier molecular flexibility index (Phi) is 4.06. The fraction of sp³-hybridized carbons (Fsp3) is 0.286. The molecule has 25 heavy (non-hydrogen) atoms. The van der Waals surface area contributed by atoms with E-state index in [0.717, 1.165) is 35.7 Å². The molecule has 1 aliphatic rings. The number of nitrogens with zero attached hydrogens (tertiary/aromatic N) is 1. The number of nitrogens with one attached hydrogen (secondary N) is 1. The van der Waals surface area contributed by atoms with Gasteiger partial charge in [-0.1, -0.05) is 47.6 Å². The van der Waals surface area contributed by atoms with Gasteiger partial charge in [0.1, 0.15) is 11.4 Å². The number of rotatable bonds is 5. The van der Waals surface area contributed by atoms with Crippen LogP contribution in [0.1, 0.15) is 30.7 Å². The van der Waals surface area contributed by atoms with E-state index in [9.17, 15) is 0 Å². The number of fused-ring (bicyclic) bond motifs is 1. The van der Waals surface area contributed by atoms with Gasteiger partial charge in [-0.3, -0.25) is 0 Å². The van der Waals surface area contributed by atoms with E-state index in [1.54, 1.807) is 0 Å². The molecular weight excluding hydrogens is 312 g/mol. The number of aromatic nitrogens is 1. The van der Waals surface area contributed by atoms with Crippen molar-refractivity contribution in [2.24, 2.45) is 0 Å². The molecule has 0 spiro atoms. The van der Waals surface area contributed by atoms with Crippen molar-refractivity contribution in [1.82, 2.24) is 10.5 Å². The van der Waals surface area contributed by atoms with Gasteiger partial charge >= 0.3 is 0 Å². The van der Waals surface area contributed by atoms with Crippen molar-refractivity contribution in [3.63, 3.8) is 0 Å². The molecule has 0 saturated carbocycles. The van der Waals surface area contributed by atoms with E-state index < -0.39 is 0 Å². The summed E-state index contributed by atoms with van der Waals surface area (Å²) >= 11 is 0. The van der Waals surface area contributed by atoms with E-state index >= 15 is 0 Å². The van der Waals surface area contributed by atoms with Crippen molar-refractivity contribution in [2.45, 2.75) is 39.0 Å². The third kappa shape index (κ3) is 3.59. The Labute approximate surface area is 147 Å². The zero-order chi connectivity index (χ0) is 17.3. The molecular formula is C21H22N2O2. The summed E-state index contributed by atoms with van der Waals surface area (Å²) in [6.07, 6.45) is 0.958. The first-order chi connectivity index (χ1) is 12.1. The molecule has 0 bridgehead atoms. The average molecular weight is 334 g/mol. The summed E-state index contributed by atoms with van der Waals surface area (Å²) in [7, 11) is 0. The van der Waals surface area contributed by atoms with Crippen molar-refractivity contribution < 1.29 is 9.26 Å². The Balaban J connectivity index is 1.35. The second-order valence-electron chi connectivity index (χ2n) is 7.13. The smallest absolute Gasteiger partial charge is 0.167 e. The van der Waals surface area contributed by atoms with Gasteiger partial charge in [0.15, 0.2) is 5.76 Å². The minimum absolute atomic E-state index is 0.0943. The van der Waals surface area contributed by atoms with Crippen LogP contribution in [0.2, 0.25) is 0 Å². The molecule has 1 aromatic heterocycles. The topological polar surface area (TPSA) is 47.3 Å². The van der Waals surface area contributed by atoms with E-state index in [1.807, 2.05) is 36.4 Å². The molecule has 3 aromatic rings. The van der Waals surface area contributed by atoms with Gasteiger partial charge in [-0.15, -0.1) is 0 Å². The van der Waals surface area contributed by atoms with E-state index in [1.165, 1.54) is 11.1 Å². The van der Waals surface area contributed by atoms with Gasteiger partial charge in [0.2, 0.25) is 0 Å². The Morgan fingerprint density at radius 2 is 1.88 bits per heavy atom. The average Bonchev–Trinajstić information content (AvgIpc) is 3.18. The molecule has 0 saturated heterocycles. The summed E-state index contributed by atoms with van der Waals surface area (Å²) in [6.45, 7) is 5.72. The van der Waals surface area contributed by atoms with E-state index in [4.69, 9.17) is 9.26 Å². The predicted molar refractivity (Wildman–Crippen MR) is 97.3 cm³/mol. The van der Waals surface area contributed by atoms with Crippen molar-refractivity contribution in [3.05, 3.63) is 71.4 Å². The van der Waals surface area contributed by atoms with Crippen molar-refractivity contribution in [3.8, 4) is 17.1 Å². The zero-order valence-corrected chi connectivity index (χ0v) is 14.6. The number of ether oxygens (including phenoxy) is 1. The van der Waals surface area contributed by atoms with Crippen LogP contribution in [0.5, 0.6) is 5.75 Å². The number of hydrogen-bond acceptors (Lipinski definition) is 4. The molecule has 1 aliphatic heterocycles. The Morgan fingerprint density at radius 3 is 2.72 bits per heavy atom. The first kappa shape index (κ1) is 15.9. The summed E-state index contributed by atoms with van der Waals surface area (Å²) in [4.78, 5) is 0. The quantitative estimate of drug-likeness (QED) is 0.754. The Morgan fingerprint density at radius 1 is 1.04 bits per heavy atom. The third-order valence-corrected chi connectivity index (χ3v) is 4.38. The second kappa shape index (κ2) is 6.37. The molecule has 4 rings (SSSR count). The highest BCUT2D eigenvalue weighted by Crippen LogP contribution is 2.35. The van der Waals surface area contributed by atoms with Crippen molar-refractivity contribution >= 4 is 0 Å². The number of benzene rings is 2. The Hall–Kier alpha value is -2.59. The van der Waals surface area contributed by atoms with E-state index in [-0.39, 0.29) is 5.60 Å². The monoisotopic (exact) mass is 334 g/mol. The lowest BCUT2D eigenvalue weighted by atomic mass is 10.0. The second-order valence-corrected chi connectivity index (χ2v) is 7.13. The lowest BCUT2D eigenvalue weighted by molar-refractivity contribution is 0.138. The summed E-state index contributed by atoms with van der Waals surface area (Å²) in [5, 5.41) is 7.57. The van der Waals surface area contributed by atoms with E-state index in [0.29, 0.717) is 6.54 Å².